The lowest BCUT2D eigenvalue weighted by Gasteiger charge is -1.94. The average Bonchev–Trinajstić information content (AvgIpc) is 2.76. The molecule has 0 N–H and O–H groups in total. The summed E-state index contributed by atoms with van der Waals surface area (Å²) in [5.41, 5.74) is 0.686. The molecule has 0 atom stereocenters. The van der Waals surface area contributed by atoms with Crippen molar-refractivity contribution in [3.05, 3.63) is 28.5 Å². The second kappa shape index (κ2) is 4.67. The number of imidazole rings is 1. The van der Waals surface area contributed by atoms with Crippen molar-refractivity contribution in [3.63, 3.8) is 0 Å². The van der Waals surface area contributed by atoms with Crippen LogP contribution in [0.4, 0.5) is 0 Å². The minimum Gasteiger partial charge on any atom is -0.463 e. The number of rotatable bonds is 3. The number of hydrogen-bond acceptors (Lipinski definition) is 4. The number of carbonyl (C=O) groups is 1. The first kappa shape index (κ1) is 11.2. The number of hydrogen-bond donors (Lipinski definition) is 0. The van der Waals surface area contributed by atoms with Crippen LogP contribution in [0.15, 0.2) is 17.7 Å². The van der Waals surface area contributed by atoms with E-state index in [4.69, 9.17) is 16.3 Å². The van der Waals surface area contributed by atoms with Crippen LogP contribution in [0.1, 0.15) is 12.6 Å². The standard InChI is InChI=1S/C10H9ClN2O2S/c1-2-15-8(14)4-3-7-9(11)12-10-13(7)5-6-16-10/h3-6H,2H2,1H3. The smallest absolute Gasteiger partial charge is 0.330 e. The van der Waals surface area contributed by atoms with Gasteiger partial charge in [-0.05, 0) is 13.0 Å². The summed E-state index contributed by atoms with van der Waals surface area (Å²) >= 11 is 7.43. The average molecular weight is 257 g/mol. The number of carbonyl (C=O) groups excluding carboxylic acids is 1. The second-order valence-electron chi connectivity index (χ2n) is 2.93. The Hall–Kier alpha value is -1.33. The highest BCUT2D eigenvalue weighted by molar-refractivity contribution is 7.15. The summed E-state index contributed by atoms with van der Waals surface area (Å²) in [6, 6.07) is 0. The molecule has 0 aliphatic heterocycles. The lowest BCUT2D eigenvalue weighted by atomic mass is 10.4. The van der Waals surface area contributed by atoms with Gasteiger partial charge in [-0.25, -0.2) is 9.78 Å². The molecule has 2 aromatic rings. The normalized spacial score (nSPS) is 11.4. The zero-order valence-corrected chi connectivity index (χ0v) is 10.1. The number of aromatic nitrogens is 2. The van der Waals surface area contributed by atoms with E-state index in [1.807, 2.05) is 16.0 Å². The van der Waals surface area contributed by atoms with Crippen LogP contribution < -0.4 is 0 Å². The molecule has 16 heavy (non-hydrogen) atoms. The second-order valence-corrected chi connectivity index (χ2v) is 4.16. The summed E-state index contributed by atoms with van der Waals surface area (Å²) in [6.45, 7) is 2.12. The monoisotopic (exact) mass is 256 g/mol. The molecule has 2 heterocycles. The molecule has 0 fully saturated rings. The van der Waals surface area contributed by atoms with Crippen molar-refractivity contribution in [1.82, 2.24) is 9.38 Å². The van der Waals surface area contributed by atoms with E-state index in [9.17, 15) is 4.79 Å². The van der Waals surface area contributed by atoms with Crippen LogP contribution in [-0.4, -0.2) is 22.0 Å². The van der Waals surface area contributed by atoms with E-state index in [0.717, 1.165) is 4.96 Å². The van der Waals surface area contributed by atoms with E-state index < -0.39 is 0 Å². The fraction of sp³-hybridized carbons (Fsp3) is 0.200. The van der Waals surface area contributed by atoms with Crippen molar-refractivity contribution < 1.29 is 9.53 Å². The Balaban J connectivity index is 2.29. The largest absolute Gasteiger partial charge is 0.463 e. The van der Waals surface area contributed by atoms with Gasteiger partial charge < -0.3 is 4.74 Å². The van der Waals surface area contributed by atoms with E-state index in [1.54, 1.807) is 13.0 Å². The third kappa shape index (κ3) is 2.10. The summed E-state index contributed by atoms with van der Waals surface area (Å²) in [5.74, 6) is -0.385. The highest BCUT2D eigenvalue weighted by Gasteiger charge is 2.08. The van der Waals surface area contributed by atoms with Gasteiger partial charge in [0.05, 0.1) is 12.3 Å². The predicted molar refractivity (Wildman–Crippen MR) is 63.7 cm³/mol. The molecule has 84 valence electrons. The van der Waals surface area contributed by atoms with Crippen LogP contribution in [-0.2, 0) is 9.53 Å². The van der Waals surface area contributed by atoms with Gasteiger partial charge in [0, 0.05) is 17.7 Å². The van der Waals surface area contributed by atoms with Gasteiger partial charge >= 0.3 is 5.97 Å². The summed E-state index contributed by atoms with van der Waals surface area (Å²) in [6.07, 6.45) is 4.80. The van der Waals surface area contributed by atoms with Gasteiger partial charge in [-0.1, -0.05) is 11.6 Å². The van der Waals surface area contributed by atoms with Crippen LogP contribution in [0.5, 0.6) is 0 Å². The maximum Gasteiger partial charge on any atom is 0.330 e. The van der Waals surface area contributed by atoms with Gasteiger partial charge in [0.1, 0.15) is 0 Å². The van der Waals surface area contributed by atoms with Gasteiger partial charge in [0.15, 0.2) is 10.1 Å². The van der Waals surface area contributed by atoms with Crippen molar-refractivity contribution in [1.29, 1.82) is 0 Å². The number of thiazole rings is 1. The number of ether oxygens (including phenoxy) is 1. The Labute approximate surface area is 101 Å². The Bertz CT molecular complexity index is 544. The van der Waals surface area contributed by atoms with Crippen LogP contribution in [0.3, 0.4) is 0 Å². The first-order chi connectivity index (χ1) is 7.72. The fourth-order valence-electron chi connectivity index (χ4n) is 1.26. The molecule has 0 bridgehead atoms. The molecule has 0 aromatic carbocycles. The summed E-state index contributed by atoms with van der Waals surface area (Å²) in [5, 5.41) is 2.28. The van der Waals surface area contributed by atoms with Crippen LogP contribution >= 0.6 is 22.9 Å². The molecule has 0 saturated carbocycles. The molecule has 2 rings (SSSR count). The maximum absolute atomic E-state index is 11.1. The highest BCUT2D eigenvalue weighted by Crippen LogP contribution is 2.22. The lowest BCUT2D eigenvalue weighted by Crippen LogP contribution is -1.98. The van der Waals surface area contributed by atoms with Crippen molar-refractivity contribution in [2.75, 3.05) is 6.61 Å². The molecule has 4 nitrogen and oxygen atoms in total. The maximum atomic E-state index is 11.1. The minimum atomic E-state index is -0.385. The Kier molecular flexibility index (Phi) is 3.26. The van der Waals surface area contributed by atoms with Crippen molar-refractivity contribution in [3.8, 4) is 0 Å². The van der Waals surface area contributed by atoms with Crippen LogP contribution in [0, 0.1) is 0 Å². The van der Waals surface area contributed by atoms with Gasteiger partial charge in [0.2, 0.25) is 0 Å². The predicted octanol–water partition coefficient (Wildman–Crippen LogP) is 2.63. The van der Waals surface area contributed by atoms with Crippen molar-refractivity contribution in [2.24, 2.45) is 0 Å². The molecular formula is C10H9ClN2O2S. The number of esters is 1. The summed E-state index contributed by atoms with van der Waals surface area (Å²) < 4.78 is 6.60. The molecular weight excluding hydrogens is 248 g/mol. The molecule has 0 spiro atoms. The zero-order chi connectivity index (χ0) is 11.5. The molecule has 0 aliphatic rings. The van der Waals surface area contributed by atoms with Crippen molar-refractivity contribution in [2.45, 2.75) is 6.92 Å². The molecule has 0 saturated heterocycles. The Morgan fingerprint density at radius 3 is 3.31 bits per heavy atom. The van der Waals surface area contributed by atoms with E-state index in [0.29, 0.717) is 17.5 Å². The molecule has 6 heteroatoms. The first-order valence-corrected chi connectivity index (χ1v) is 5.94. The van der Waals surface area contributed by atoms with Gasteiger partial charge in [0.25, 0.3) is 0 Å². The fourth-order valence-corrected chi connectivity index (χ4v) is 2.27. The van der Waals surface area contributed by atoms with E-state index in [-0.39, 0.29) is 5.97 Å². The van der Waals surface area contributed by atoms with E-state index in [1.165, 1.54) is 17.4 Å². The third-order valence-corrected chi connectivity index (χ3v) is 2.95. The van der Waals surface area contributed by atoms with E-state index in [2.05, 4.69) is 4.98 Å². The third-order valence-electron chi connectivity index (χ3n) is 1.92. The molecule has 0 amide bonds. The molecule has 0 unspecified atom stereocenters. The number of nitrogens with zero attached hydrogens (tertiary/aromatic N) is 2. The SMILES string of the molecule is CCOC(=O)C=Cc1c(Cl)nc2sccn12. The topological polar surface area (TPSA) is 43.6 Å². The van der Waals surface area contributed by atoms with Gasteiger partial charge in [-0.3, -0.25) is 4.40 Å². The van der Waals surface area contributed by atoms with Crippen LogP contribution in [0.2, 0.25) is 5.15 Å². The highest BCUT2D eigenvalue weighted by atomic mass is 35.5. The summed E-state index contributed by atoms with van der Waals surface area (Å²) in [4.78, 5) is 16.1. The van der Waals surface area contributed by atoms with Crippen molar-refractivity contribution >= 4 is 39.9 Å². The summed E-state index contributed by atoms with van der Waals surface area (Å²) in [7, 11) is 0. The minimum absolute atomic E-state index is 0.358. The van der Waals surface area contributed by atoms with Crippen LogP contribution in [0.25, 0.3) is 11.0 Å². The Morgan fingerprint density at radius 1 is 1.75 bits per heavy atom. The molecule has 0 aliphatic carbocycles. The van der Waals surface area contributed by atoms with Gasteiger partial charge in [-0.2, -0.15) is 0 Å². The molecule has 0 radical (unpaired) electrons. The first-order valence-electron chi connectivity index (χ1n) is 4.68. The zero-order valence-electron chi connectivity index (χ0n) is 8.51. The lowest BCUT2D eigenvalue weighted by molar-refractivity contribution is -0.137. The Morgan fingerprint density at radius 2 is 2.56 bits per heavy atom. The number of halogens is 1. The van der Waals surface area contributed by atoms with Gasteiger partial charge in [-0.15, -0.1) is 11.3 Å². The quantitative estimate of drug-likeness (QED) is 0.626. The number of fused-ring (bicyclic) bond motifs is 1. The molecule has 2 aromatic heterocycles. The van der Waals surface area contributed by atoms with E-state index >= 15 is 0 Å².